The van der Waals surface area contributed by atoms with E-state index >= 15 is 0 Å². The largest absolute Gasteiger partial charge is 0.151 e. The summed E-state index contributed by atoms with van der Waals surface area (Å²) in [5.74, 6) is 0. The van der Waals surface area contributed by atoms with Crippen molar-refractivity contribution in [2.24, 2.45) is 0 Å². The maximum Gasteiger partial charge on any atom is -0.0249 e. The molecule has 0 aliphatic heterocycles. The first-order chi connectivity index (χ1) is 5.36. The summed E-state index contributed by atoms with van der Waals surface area (Å²) in [5, 5.41) is 1.76. The Bertz CT molecular complexity index is 251. The second-order valence-corrected chi connectivity index (χ2v) is 2.71. The standard InChI is InChI=1S/C10H12S/c1-2-9-4-3-5-10(8-9)6-7-11/h3-8,11H,2H2,1H3/b7-6+. The average Bonchev–Trinajstić information content (AvgIpc) is 2.06. The van der Waals surface area contributed by atoms with E-state index in [0.717, 1.165) is 6.42 Å². The fraction of sp³-hybridized carbons (Fsp3) is 0.200. The molecule has 1 heteroatoms. The van der Waals surface area contributed by atoms with Crippen molar-refractivity contribution in [3.63, 3.8) is 0 Å². The summed E-state index contributed by atoms with van der Waals surface area (Å²) < 4.78 is 0. The minimum Gasteiger partial charge on any atom is -0.151 e. The minimum absolute atomic E-state index is 1.09. The van der Waals surface area contributed by atoms with Gasteiger partial charge in [0.2, 0.25) is 0 Å². The van der Waals surface area contributed by atoms with Crippen molar-refractivity contribution >= 4 is 18.7 Å². The van der Waals surface area contributed by atoms with Crippen molar-refractivity contribution in [3.05, 3.63) is 40.8 Å². The van der Waals surface area contributed by atoms with Gasteiger partial charge in [0.25, 0.3) is 0 Å². The highest BCUT2D eigenvalue weighted by Crippen LogP contribution is 2.07. The number of benzene rings is 1. The zero-order valence-corrected chi connectivity index (χ0v) is 7.51. The number of aryl methyl sites for hydroxylation is 1. The molecular formula is C10H12S. The van der Waals surface area contributed by atoms with E-state index in [-0.39, 0.29) is 0 Å². The topological polar surface area (TPSA) is 0 Å². The molecule has 0 amide bonds. The monoisotopic (exact) mass is 164 g/mol. The van der Waals surface area contributed by atoms with Gasteiger partial charge >= 0.3 is 0 Å². The molecule has 1 rings (SSSR count). The number of hydrogen-bond donors (Lipinski definition) is 1. The summed E-state index contributed by atoms with van der Waals surface area (Å²) in [7, 11) is 0. The molecule has 0 atom stereocenters. The third-order valence-electron chi connectivity index (χ3n) is 1.63. The fourth-order valence-electron chi connectivity index (χ4n) is 1.00. The summed E-state index contributed by atoms with van der Waals surface area (Å²) in [6.07, 6.45) is 3.08. The zero-order chi connectivity index (χ0) is 8.10. The lowest BCUT2D eigenvalue weighted by molar-refractivity contribution is 1.14. The summed E-state index contributed by atoms with van der Waals surface area (Å²) >= 11 is 4.01. The molecule has 0 heterocycles. The van der Waals surface area contributed by atoms with Gasteiger partial charge in [0, 0.05) is 0 Å². The highest BCUT2D eigenvalue weighted by molar-refractivity contribution is 7.83. The van der Waals surface area contributed by atoms with E-state index in [4.69, 9.17) is 0 Å². The van der Waals surface area contributed by atoms with Gasteiger partial charge in [-0.2, -0.15) is 12.6 Å². The summed E-state index contributed by atoms with van der Waals surface area (Å²) in [6.45, 7) is 2.16. The van der Waals surface area contributed by atoms with E-state index in [9.17, 15) is 0 Å². The van der Waals surface area contributed by atoms with Gasteiger partial charge in [-0.05, 0) is 29.0 Å². The molecule has 0 aromatic heterocycles. The number of hydrogen-bond acceptors (Lipinski definition) is 1. The van der Waals surface area contributed by atoms with E-state index < -0.39 is 0 Å². The first-order valence-electron chi connectivity index (χ1n) is 3.76. The maximum atomic E-state index is 4.01. The molecule has 0 aliphatic rings. The molecule has 11 heavy (non-hydrogen) atoms. The first kappa shape index (κ1) is 8.41. The van der Waals surface area contributed by atoms with Crippen LogP contribution in [0.1, 0.15) is 18.1 Å². The van der Waals surface area contributed by atoms with E-state index in [2.05, 4.69) is 43.8 Å². The van der Waals surface area contributed by atoms with Crippen LogP contribution in [0.15, 0.2) is 29.7 Å². The van der Waals surface area contributed by atoms with Crippen LogP contribution in [0, 0.1) is 0 Å². The van der Waals surface area contributed by atoms with Gasteiger partial charge in [0.15, 0.2) is 0 Å². The lowest BCUT2D eigenvalue weighted by Gasteiger charge is -1.96. The quantitative estimate of drug-likeness (QED) is 0.638. The van der Waals surface area contributed by atoms with Crippen LogP contribution in [0.3, 0.4) is 0 Å². The van der Waals surface area contributed by atoms with E-state index in [0.29, 0.717) is 0 Å². The Labute approximate surface area is 73.4 Å². The lowest BCUT2D eigenvalue weighted by Crippen LogP contribution is -1.79. The summed E-state index contributed by atoms with van der Waals surface area (Å²) in [4.78, 5) is 0. The molecule has 0 saturated carbocycles. The average molecular weight is 164 g/mol. The Morgan fingerprint density at radius 2 is 2.27 bits per heavy atom. The van der Waals surface area contributed by atoms with E-state index in [1.165, 1.54) is 11.1 Å². The van der Waals surface area contributed by atoms with Crippen molar-refractivity contribution in [1.82, 2.24) is 0 Å². The molecule has 0 radical (unpaired) electrons. The van der Waals surface area contributed by atoms with Crippen LogP contribution in [-0.4, -0.2) is 0 Å². The Kier molecular flexibility index (Phi) is 3.24. The van der Waals surface area contributed by atoms with Gasteiger partial charge < -0.3 is 0 Å². The van der Waals surface area contributed by atoms with Crippen molar-refractivity contribution in [1.29, 1.82) is 0 Å². The maximum absolute atomic E-state index is 4.01. The predicted octanol–water partition coefficient (Wildman–Crippen LogP) is 3.15. The van der Waals surface area contributed by atoms with Crippen molar-refractivity contribution in [3.8, 4) is 0 Å². The smallest absolute Gasteiger partial charge is 0.0249 e. The van der Waals surface area contributed by atoms with E-state index in [1.54, 1.807) is 5.41 Å². The van der Waals surface area contributed by atoms with Crippen LogP contribution in [-0.2, 0) is 6.42 Å². The van der Waals surface area contributed by atoms with Gasteiger partial charge in [0.1, 0.15) is 0 Å². The predicted molar refractivity (Wildman–Crippen MR) is 53.8 cm³/mol. The first-order valence-corrected chi connectivity index (χ1v) is 4.28. The Balaban J connectivity index is 2.91. The molecule has 58 valence electrons. The number of thiol groups is 1. The van der Waals surface area contributed by atoms with Crippen LogP contribution >= 0.6 is 12.6 Å². The molecule has 0 spiro atoms. The second-order valence-electron chi connectivity index (χ2n) is 2.41. The zero-order valence-electron chi connectivity index (χ0n) is 6.62. The van der Waals surface area contributed by atoms with Crippen LogP contribution in [0.4, 0.5) is 0 Å². The molecule has 0 nitrogen and oxygen atoms in total. The van der Waals surface area contributed by atoms with Crippen LogP contribution < -0.4 is 0 Å². The molecule has 0 aliphatic carbocycles. The van der Waals surface area contributed by atoms with Gasteiger partial charge in [0.05, 0.1) is 0 Å². The second kappa shape index (κ2) is 4.24. The molecule has 0 unspecified atom stereocenters. The van der Waals surface area contributed by atoms with Crippen molar-refractivity contribution in [2.75, 3.05) is 0 Å². The van der Waals surface area contributed by atoms with Gasteiger partial charge in [-0.25, -0.2) is 0 Å². The third-order valence-corrected chi connectivity index (χ3v) is 1.78. The van der Waals surface area contributed by atoms with Crippen LogP contribution in [0.5, 0.6) is 0 Å². The molecule has 0 saturated heterocycles. The molecule has 0 N–H and O–H groups in total. The summed E-state index contributed by atoms with van der Waals surface area (Å²) in [6, 6.07) is 8.45. The van der Waals surface area contributed by atoms with Gasteiger partial charge in [-0.15, -0.1) is 0 Å². The molecule has 1 aromatic rings. The molecule has 0 bridgehead atoms. The van der Waals surface area contributed by atoms with E-state index in [1.807, 2.05) is 6.08 Å². The molecule has 1 aromatic carbocycles. The molecular weight excluding hydrogens is 152 g/mol. The highest BCUT2D eigenvalue weighted by Gasteiger charge is 1.88. The Hall–Kier alpha value is -0.690. The Morgan fingerprint density at radius 1 is 1.45 bits per heavy atom. The fourth-order valence-corrected chi connectivity index (χ4v) is 1.17. The SMILES string of the molecule is CCc1cccc(/C=C/S)c1. The van der Waals surface area contributed by atoms with Crippen molar-refractivity contribution < 1.29 is 0 Å². The third kappa shape index (κ3) is 2.43. The van der Waals surface area contributed by atoms with Crippen molar-refractivity contribution in [2.45, 2.75) is 13.3 Å². The van der Waals surface area contributed by atoms with Gasteiger partial charge in [-0.1, -0.05) is 31.2 Å². The van der Waals surface area contributed by atoms with Crippen LogP contribution in [0.25, 0.3) is 6.08 Å². The summed E-state index contributed by atoms with van der Waals surface area (Å²) in [5.41, 5.74) is 2.59. The van der Waals surface area contributed by atoms with Crippen LogP contribution in [0.2, 0.25) is 0 Å². The lowest BCUT2D eigenvalue weighted by atomic mass is 10.1. The number of rotatable bonds is 2. The highest BCUT2D eigenvalue weighted by atomic mass is 32.1. The molecule has 0 fully saturated rings. The van der Waals surface area contributed by atoms with Gasteiger partial charge in [-0.3, -0.25) is 0 Å². The minimum atomic E-state index is 1.09. The normalized spacial score (nSPS) is 10.7. The Morgan fingerprint density at radius 3 is 2.91 bits per heavy atom.